The van der Waals surface area contributed by atoms with Crippen LogP contribution < -0.4 is 5.32 Å². The van der Waals surface area contributed by atoms with E-state index in [2.05, 4.69) is 25.5 Å². The third kappa shape index (κ3) is 2.73. The monoisotopic (exact) mass is 428 g/mol. The van der Waals surface area contributed by atoms with E-state index in [0.29, 0.717) is 5.82 Å². The number of benzene rings is 1. The van der Waals surface area contributed by atoms with Gasteiger partial charge in [0.15, 0.2) is 11.6 Å². The number of urea groups is 1. The summed E-state index contributed by atoms with van der Waals surface area (Å²) in [7, 11) is 1.89. The van der Waals surface area contributed by atoms with Crippen LogP contribution in [0.25, 0.3) is 16.9 Å². The van der Waals surface area contributed by atoms with Gasteiger partial charge < -0.3 is 10.2 Å². The molecule has 3 aromatic heterocycles. The molecule has 1 N–H and O–H groups in total. The number of amides is 2. The Morgan fingerprint density at radius 3 is 2.97 bits per heavy atom. The Bertz CT molecular complexity index is 1340. The van der Waals surface area contributed by atoms with Crippen LogP contribution in [0.4, 0.5) is 10.5 Å². The molecule has 1 aromatic carbocycles. The number of rotatable bonds is 3. The van der Waals surface area contributed by atoms with Gasteiger partial charge in [-0.15, -0.1) is 5.10 Å². The van der Waals surface area contributed by atoms with E-state index < -0.39 is 0 Å². The maximum atomic E-state index is 13.4. The largest absolute Gasteiger partial charge is 0.322 e. The molecular weight excluding hydrogens is 404 g/mol. The van der Waals surface area contributed by atoms with E-state index in [4.69, 9.17) is 0 Å². The first kappa shape index (κ1) is 19.0. The molecule has 162 valence electrons. The van der Waals surface area contributed by atoms with E-state index in [-0.39, 0.29) is 17.6 Å². The first-order valence-corrected chi connectivity index (χ1v) is 10.9. The lowest BCUT2D eigenvalue weighted by Crippen LogP contribution is -2.69. The normalized spacial score (nSPS) is 22.1. The second kappa shape index (κ2) is 6.88. The summed E-state index contributed by atoms with van der Waals surface area (Å²) in [5.74, 6) is 1.49. The zero-order chi connectivity index (χ0) is 21.9. The highest BCUT2D eigenvalue weighted by atomic mass is 16.2. The maximum absolute atomic E-state index is 13.4. The first-order chi connectivity index (χ1) is 15.5. The van der Waals surface area contributed by atoms with Crippen LogP contribution in [0.5, 0.6) is 0 Å². The molecule has 2 atom stereocenters. The molecule has 0 aliphatic carbocycles. The number of aryl methyl sites for hydroxylation is 2. The minimum Gasteiger partial charge on any atom is -0.308 e. The number of hydrogen-bond donors (Lipinski definition) is 1. The number of anilines is 1. The van der Waals surface area contributed by atoms with Gasteiger partial charge in [-0.1, -0.05) is 6.07 Å². The smallest absolute Gasteiger partial charge is 0.308 e. The van der Waals surface area contributed by atoms with Crippen LogP contribution in [-0.4, -0.2) is 46.3 Å². The number of aromatic nitrogens is 6. The Hall–Kier alpha value is -3.75. The van der Waals surface area contributed by atoms with Gasteiger partial charge in [0.05, 0.1) is 11.7 Å². The zero-order valence-corrected chi connectivity index (χ0v) is 18.1. The Morgan fingerprint density at radius 1 is 1.25 bits per heavy atom. The van der Waals surface area contributed by atoms with Gasteiger partial charge in [-0.25, -0.2) is 19.3 Å². The average molecular weight is 429 g/mol. The summed E-state index contributed by atoms with van der Waals surface area (Å²) in [6.07, 6.45) is 9.24. The summed E-state index contributed by atoms with van der Waals surface area (Å²) >= 11 is 0. The van der Waals surface area contributed by atoms with E-state index in [1.807, 2.05) is 55.4 Å². The van der Waals surface area contributed by atoms with Crippen LogP contribution in [0.1, 0.15) is 37.1 Å². The van der Waals surface area contributed by atoms with Crippen LogP contribution in [0, 0.1) is 6.92 Å². The average Bonchev–Trinajstić information content (AvgIpc) is 3.43. The summed E-state index contributed by atoms with van der Waals surface area (Å²) in [4.78, 5) is 24.4. The van der Waals surface area contributed by atoms with Gasteiger partial charge >= 0.3 is 6.03 Å². The lowest BCUT2D eigenvalue weighted by Gasteiger charge is -2.60. The molecule has 2 amide bonds. The number of fused-ring (bicyclic) bond motifs is 3. The number of nitrogens with one attached hydrogen (secondary N) is 1. The lowest BCUT2D eigenvalue weighted by molar-refractivity contribution is -0.0827. The standard InChI is InChI=1S/C23H24N8O/c1-15-7-8-16(11-19(15)20-24-13-18-6-4-10-30(18)28-20)27-22(32)31-17-5-3-9-23(31,12-17)21-25-14-26-29(21)2/h4,6-8,10-11,13-14,17H,3,5,9,12H2,1-2H3,(H,27,32)/t17?,23-/m0/s1. The highest BCUT2D eigenvalue weighted by Gasteiger charge is 2.59. The molecule has 2 fully saturated rings. The van der Waals surface area contributed by atoms with Crippen LogP contribution in [-0.2, 0) is 12.6 Å². The van der Waals surface area contributed by atoms with Crippen molar-refractivity contribution in [2.45, 2.75) is 44.2 Å². The molecular formula is C23H24N8O. The zero-order valence-electron chi connectivity index (χ0n) is 18.1. The molecule has 2 bridgehead atoms. The van der Waals surface area contributed by atoms with E-state index in [9.17, 15) is 4.79 Å². The Kier molecular flexibility index (Phi) is 4.08. The molecule has 2 saturated heterocycles. The second-order valence-corrected chi connectivity index (χ2v) is 8.78. The first-order valence-electron chi connectivity index (χ1n) is 10.9. The van der Waals surface area contributed by atoms with Crippen molar-refractivity contribution in [2.75, 3.05) is 5.32 Å². The highest BCUT2D eigenvalue weighted by molar-refractivity contribution is 5.92. The molecule has 1 unspecified atom stereocenters. The van der Waals surface area contributed by atoms with Crippen LogP contribution in [0.3, 0.4) is 0 Å². The molecule has 6 rings (SSSR count). The molecule has 0 saturated carbocycles. The second-order valence-electron chi connectivity index (χ2n) is 8.78. The Morgan fingerprint density at radius 2 is 2.16 bits per heavy atom. The third-order valence-corrected chi connectivity index (χ3v) is 6.88. The number of piperidine rings is 1. The molecule has 9 nitrogen and oxygen atoms in total. The summed E-state index contributed by atoms with van der Waals surface area (Å²) in [5, 5.41) is 12.0. The van der Waals surface area contributed by atoms with Gasteiger partial charge in [0.1, 0.15) is 11.9 Å². The maximum Gasteiger partial charge on any atom is 0.322 e. The van der Waals surface area contributed by atoms with Crippen LogP contribution in [0.2, 0.25) is 0 Å². The Balaban J connectivity index is 1.30. The summed E-state index contributed by atoms with van der Waals surface area (Å²) in [6.45, 7) is 2.02. The van der Waals surface area contributed by atoms with E-state index in [1.165, 1.54) is 0 Å². The van der Waals surface area contributed by atoms with Gasteiger partial charge in [-0.2, -0.15) is 5.10 Å². The minimum absolute atomic E-state index is 0.0967. The highest BCUT2D eigenvalue weighted by Crippen LogP contribution is 2.53. The molecule has 32 heavy (non-hydrogen) atoms. The summed E-state index contributed by atoms with van der Waals surface area (Å²) in [5.41, 5.74) is 3.24. The lowest BCUT2D eigenvalue weighted by atomic mass is 9.67. The van der Waals surface area contributed by atoms with Crippen molar-refractivity contribution in [3.63, 3.8) is 0 Å². The number of nitrogens with zero attached hydrogens (tertiary/aromatic N) is 7. The molecule has 9 heteroatoms. The number of carbonyl (C=O) groups is 1. The number of carbonyl (C=O) groups excluding carboxylic acids is 1. The quantitative estimate of drug-likeness (QED) is 0.539. The van der Waals surface area contributed by atoms with E-state index in [1.54, 1.807) is 21.7 Å². The number of hydrogen-bond acceptors (Lipinski definition) is 5. The predicted molar refractivity (Wildman–Crippen MR) is 119 cm³/mol. The van der Waals surface area contributed by atoms with Gasteiger partial charge in [0, 0.05) is 30.5 Å². The molecule has 5 heterocycles. The fraction of sp³-hybridized carbons (Fsp3) is 0.348. The predicted octanol–water partition coefficient (Wildman–Crippen LogP) is 3.52. The van der Waals surface area contributed by atoms with Gasteiger partial charge in [-0.3, -0.25) is 4.68 Å². The van der Waals surface area contributed by atoms with Crippen LogP contribution in [0.15, 0.2) is 49.1 Å². The summed E-state index contributed by atoms with van der Waals surface area (Å²) < 4.78 is 3.60. The van der Waals surface area contributed by atoms with Gasteiger partial charge in [0.2, 0.25) is 0 Å². The van der Waals surface area contributed by atoms with Crippen molar-refractivity contribution >= 4 is 17.2 Å². The van der Waals surface area contributed by atoms with Gasteiger partial charge in [0.25, 0.3) is 0 Å². The van der Waals surface area contributed by atoms with E-state index in [0.717, 1.165) is 53.8 Å². The topological polar surface area (TPSA) is 93.2 Å². The SMILES string of the molecule is Cc1ccc(NC(=O)N2C3CCC[C@@]2(c2ncnn2C)C3)cc1-c1ncc2cccn2n1. The third-order valence-electron chi connectivity index (χ3n) is 6.88. The minimum atomic E-state index is -0.367. The van der Waals surface area contributed by atoms with Crippen molar-refractivity contribution in [1.29, 1.82) is 0 Å². The molecule has 2 aliphatic rings. The van der Waals surface area contributed by atoms with Gasteiger partial charge in [-0.05, 0) is 62.4 Å². The molecule has 0 radical (unpaired) electrons. The summed E-state index contributed by atoms with van der Waals surface area (Å²) in [6, 6.07) is 9.91. The van der Waals surface area contributed by atoms with E-state index >= 15 is 0 Å². The Labute approximate surface area is 185 Å². The van der Waals surface area contributed by atoms with Crippen LogP contribution >= 0.6 is 0 Å². The van der Waals surface area contributed by atoms with Crippen molar-refractivity contribution in [3.05, 3.63) is 60.4 Å². The fourth-order valence-corrected chi connectivity index (χ4v) is 5.37. The van der Waals surface area contributed by atoms with Crippen molar-refractivity contribution in [3.8, 4) is 11.4 Å². The molecule has 2 aliphatic heterocycles. The fourth-order valence-electron chi connectivity index (χ4n) is 5.37. The van der Waals surface area contributed by atoms with Crippen molar-refractivity contribution in [1.82, 2.24) is 34.3 Å². The van der Waals surface area contributed by atoms with Crippen molar-refractivity contribution in [2.24, 2.45) is 7.05 Å². The molecule has 4 aromatic rings. The molecule has 0 spiro atoms. The van der Waals surface area contributed by atoms with Crippen molar-refractivity contribution < 1.29 is 4.79 Å².